The molecule has 0 aliphatic rings. The Hall–Kier alpha value is -2.91. The molecule has 0 aliphatic carbocycles. The summed E-state index contributed by atoms with van der Waals surface area (Å²) in [5, 5.41) is 2.68. The van der Waals surface area contributed by atoms with Gasteiger partial charge in [-0.05, 0) is 43.7 Å². The van der Waals surface area contributed by atoms with Crippen molar-refractivity contribution in [2.75, 3.05) is 14.2 Å². The molecule has 9 heteroatoms. The summed E-state index contributed by atoms with van der Waals surface area (Å²) in [5.74, 6) is 0.454. The number of hydrogen-bond donors (Lipinski definition) is 2. The molecule has 29 heavy (non-hydrogen) atoms. The molecule has 0 saturated carbocycles. The van der Waals surface area contributed by atoms with Crippen molar-refractivity contribution in [3.63, 3.8) is 0 Å². The highest BCUT2D eigenvalue weighted by atomic mass is 32.2. The van der Waals surface area contributed by atoms with E-state index in [1.165, 1.54) is 52.3 Å². The third-order valence-electron chi connectivity index (χ3n) is 4.21. The molecule has 2 aromatic rings. The van der Waals surface area contributed by atoms with Gasteiger partial charge in [0.25, 0.3) is 0 Å². The van der Waals surface area contributed by atoms with Crippen molar-refractivity contribution in [2.24, 2.45) is 0 Å². The molecule has 0 aliphatic heterocycles. The van der Waals surface area contributed by atoms with Crippen molar-refractivity contribution in [1.29, 1.82) is 0 Å². The molecule has 0 aromatic heterocycles. The summed E-state index contributed by atoms with van der Waals surface area (Å²) in [5.41, 5.74) is 1.18. The topological polar surface area (TPSA) is 111 Å². The van der Waals surface area contributed by atoms with E-state index in [9.17, 15) is 18.0 Å². The Labute approximate surface area is 170 Å². The van der Waals surface area contributed by atoms with Crippen molar-refractivity contribution in [3.8, 4) is 11.5 Å². The molecule has 0 radical (unpaired) electrons. The summed E-state index contributed by atoms with van der Waals surface area (Å²) in [4.78, 5) is 23.6. The summed E-state index contributed by atoms with van der Waals surface area (Å²) in [6.07, 6.45) is 0. The number of sulfonamides is 1. The first-order chi connectivity index (χ1) is 13.7. The van der Waals surface area contributed by atoms with Crippen molar-refractivity contribution in [2.45, 2.75) is 31.3 Å². The number of Topliss-reactive ketones (excluding diaryl/α,β-unsaturated/α-hetero) is 1. The summed E-state index contributed by atoms with van der Waals surface area (Å²) < 4.78 is 37.6. The summed E-state index contributed by atoms with van der Waals surface area (Å²) in [6.45, 7) is 3.04. The van der Waals surface area contributed by atoms with E-state index < -0.39 is 22.0 Å². The quantitative estimate of drug-likeness (QED) is 0.600. The third kappa shape index (κ3) is 5.78. The SMILES string of the molecule is COc1ccc(CNC(=O)[C@H](C)NS(=O)(=O)c2ccc(C(C)=O)cc2)cc1OC. The van der Waals surface area contributed by atoms with Crippen LogP contribution in [0.25, 0.3) is 0 Å². The minimum Gasteiger partial charge on any atom is -0.493 e. The lowest BCUT2D eigenvalue weighted by atomic mass is 10.2. The smallest absolute Gasteiger partial charge is 0.241 e. The Kier molecular flexibility index (Phi) is 7.35. The predicted octanol–water partition coefficient (Wildman–Crippen LogP) is 1.89. The number of ketones is 1. The van der Waals surface area contributed by atoms with Gasteiger partial charge >= 0.3 is 0 Å². The first kappa shape index (κ1) is 22.4. The van der Waals surface area contributed by atoms with E-state index in [0.29, 0.717) is 17.1 Å². The van der Waals surface area contributed by atoms with Gasteiger partial charge in [-0.1, -0.05) is 18.2 Å². The van der Waals surface area contributed by atoms with Gasteiger partial charge in [-0.15, -0.1) is 0 Å². The molecular weight excluding hydrogens is 396 g/mol. The van der Waals surface area contributed by atoms with Gasteiger partial charge in [0.05, 0.1) is 25.2 Å². The van der Waals surface area contributed by atoms with Gasteiger partial charge in [0.15, 0.2) is 17.3 Å². The van der Waals surface area contributed by atoms with E-state index in [1.54, 1.807) is 18.2 Å². The van der Waals surface area contributed by atoms with Crippen LogP contribution in [0.4, 0.5) is 0 Å². The molecule has 2 N–H and O–H groups in total. The second-order valence-electron chi connectivity index (χ2n) is 6.33. The molecular formula is C20H24N2O6S. The fourth-order valence-electron chi connectivity index (χ4n) is 2.56. The molecule has 0 spiro atoms. The van der Waals surface area contributed by atoms with Crippen LogP contribution < -0.4 is 19.5 Å². The Balaban J connectivity index is 2.00. The van der Waals surface area contributed by atoms with Crippen LogP contribution in [0.1, 0.15) is 29.8 Å². The number of benzene rings is 2. The molecule has 0 fully saturated rings. The van der Waals surface area contributed by atoms with Crippen LogP contribution in [-0.2, 0) is 21.4 Å². The first-order valence-corrected chi connectivity index (χ1v) is 10.3. The Morgan fingerprint density at radius 1 is 1.00 bits per heavy atom. The molecule has 1 atom stereocenters. The predicted molar refractivity (Wildman–Crippen MR) is 108 cm³/mol. The Bertz CT molecular complexity index is 987. The van der Waals surface area contributed by atoms with Gasteiger partial charge in [0.2, 0.25) is 15.9 Å². The van der Waals surface area contributed by atoms with Crippen molar-refractivity contribution >= 4 is 21.7 Å². The number of amides is 1. The average molecular weight is 420 g/mol. The highest BCUT2D eigenvalue weighted by molar-refractivity contribution is 7.89. The van der Waals surface area contributed by atoms with Crippen LogP contribution in [0.3, 0.4) is 0 Å². The molecule has 8 nitrogen and oxygen atoms in total. The number of methoxy groups -OCH3 is 2. The van der Waals surface area contributed by atoms with Gasteiger partial charge in [-0.2, -0.15) is 4.72 Å². The third-order valence-corrected chi connectivity index (χ3v) is 5.77. The van der Waals surface area contributed by atoms with Crippen LogP contribution in [0.2, 0.25) is 0 Å². The van der Waals surface area contributed by atoms with Gasteiger partial charge < -0.3 is 14.8 Å². The van der Waals surface area contributed by atoms with Crippen LogP contribution in [0.15, 0.2) is 47.4 Å². The molecule has 0 unspecified atom stereocenters. The van der Waals surface area contributed by atoms with Gasteiger partial charge in [0.1, 0.15) is 0 Å². The highest BCUT2D eigenvalue weighted by Gasteiger charge is 2.22. The van der Waals surface area contributed by atoms with Crippen LogP contribution in [0, 0.1) is 0 Å². The highest BCUT2D eigenvalue weighted by Crippen LogP contribution is 2.27. The molecule has 156 valence electrons. The standard InChI is InChI=1S/C20H24N2O6S/c1-13(22-29(25,26)17-8-6-16(7-9-17)14(2)23)20(24)21-12-15-5-10-18(27-3)19(11-15)28-4/h5-11,13,22H,12H2,1-4H3,(H,21,24)/t13-/m0/s1. The molecule has 0 bridgehead atoms. The van der Waals surface area contributed by atoms with E-state index in [4.69, 9.17) is 9.47 Å². The summed E-state index contributed by atoms with van der Waals surface area (Å²) >= 11 is 0. The van der Waals surface area contributed by atoms with Crippen LogP contribution >= 0.6 is 0 Å². The maximum atomic E-state index is 12.5. The number of carbonyl (C=O) groups is 2. The molecule has 0 saturated heterocycles. The summed E-state index contributed by atoms with van der Waals surface area (Å²) in [6, 6.07) is 9.74. The molecule has 0 heterocycles. The van der Waals surface area contributed by atoms with Gasteiger partial charge in [-0.25, -0.2) is 8.42 Å². The maximum Gasteiger partial charge on any atom is 0.241 e. The minimum absolute atomic E-state index is 0.0259. The molecule has 1 amide bonds. The monoisotopic (exact) mass is 420 g/mol. The van der Waals surface area contributed by atoms with Crippen molar-refractivity contribution in [1.82, 2.24) is 10.0 Å². The number of hydrogen-bond acceptors (Lipinski definition) is 6. The van der Waals surface area contributed by atoms with E-state index in [2.05, 4.69) is 10.0 Å². The van der Waals surface area contributed by atoms with E-state index >= 15 is 0 Å². The fourth-order valence-corrected chi connectivity index (χ4v) is 3.76. The van der Waals surface area contributed by atoms with E-state index in [1.807, 2.05) is 0 Å². The lowest BCUT2D eigenvalue weighted by Crippen LogP contribution is -2.44. The molecule has 2 rings (SSSR count). The summed E-state index contributed by atoms with van der Waals surface area (Å²) in [7, 11) is -0.866. The van der Waals surface area contributed by atoms with Crippen molar-refractivity contribution in [3.05, 3.63) is 53.6 Å². The first-order valence-electron chi connectivity index (χ1n) is 8.80. The maximum absolute atomic E-state index is 12.5. The zero-order chi connectivity index (χ0) is 21.6. The van der Waals surface area contributed by atoms with Crippen molar-refractivity contribution < 1.29 is 27.5 Å². The average Bonchev–Trinajstić information content (AvgIpc) is 2.71. The van der Waals surface area contributed by atoms with E-state index in [0.717, 1.165) is 5.56 Å². The van der Waals surface area contributed by atoms with Gasteiger partial charge in [0, 0.05) is 12.1 Å². The number of rotatable bonds is 9. The largest absolute Gasteiger partial charge is 0.493 e. The second kappa shape index (κ2) is 9.53. The number of carbonyl (C=O) groups excluding carboxylic acids is 2. The number of ether oxygens (including phenoxy) is 2. The zero-order valence-corrected chi connectivity index (χ0v) is 17.5. The van der Waals surface area contributed by atoms with Gasteiger partial charge in [-0.3, -0.25) is 9.59 Å². The second-order valence-corrected chi connectivity index (χ2v) is 8.04. The minimum atomic E-state index is -3.91. The fraction of sp³-hybridized carbons (Fsp3) is 0.300. The van der Waals surface area contributed by atoms with Crippen LogP contribution in [-0.4, -0.2) is 40.4 Å². The number of nitrogens with one attached hydrogen (secondary N) is 2. The lowest BCUT2D eigenvalue weighted by Gasteiger charge is -2.15. The Morgan fingerprint density at radius 2 is 1.62 bits per heavy atom. The molecule has 2 aromatic carbocycles. The van der Waals surface area contributed by atoms with Crippen LogP contribution in [0.5, 0.6) is 11.5 Å². The Morgan fingerprint density at radius 3 is 2.17 bits per heavy atom. The van der Waals surface area contributed by atoms with E-state index in [-0.39, 0.29) is 17.2 Å². The zero-order valence-electron chi connectivity index (χ0n) is 16.7. The normalized spacial score (nSPS) is 12.1. The lowest BCUT2D eigenvalue weighted by molar-refractivity contribution is -0.122.